The van der Waals surface area contributed by atoms with Crippen LogP contribution in [0.3, 0.4) is 0 Å². The van der Waals surface area contributed by atoms with Crippen molar-refractivity contribution in [2.45, 2.75) is 23.6 Å². The van der Waals surface area contributed by atoms with Gasteiger partial charge in [-0.2, -0.15) is 0 Å². The van der Waals surface area contributed by atoms with Crippen LogP contribution < -0.4 is 0 Å². The number of ether oxygens (including phenoxy) is 1. The second kappa shape index (κ2) is 7.68. The molecule has 0 aliphatic carbocycles. The van der Waals surface area contributed by atoms with Crippen molar-refractivity contribution in [3.63, 3.8) is 0 Å². The molecular formula is C14H19ClO3S. The van der Waals surface area contributed by atoms with Crippen molar-refractivity contribution in [3.05, 3.63) is 42.0 Å². The van der Waals surface area contributed by atoms with Crippen LogP contribution in [0.25, 0.3) is 0 Å². The molecule has 3 nitrogen and oxygen atoms in total. The maximum Gasteiger partial charge on any atom is 0.182 e. The molecule has 1 aromatic rings. The van der Waals surface area contributed by atoms with Crippen LogP contribution in [0, 0.1) is 0 Å². The van der Waals surface area contributed by atoms with Crippen molar-refractivity contribution in [1.82, 2.24) is 0 Å². The molecule has 0 aromatic heterocycles. The third-order valence-corrected chi connectivity index (χ3v) is 4.72. The zero-order valence-corrected chi connectivity index (χ0v) is 12.7. The lowest BCUT2D eigenvalue weighted by Gasteiger charge is -2.07. The Morgan fingerprint density at radius 3 is 2.58 bits per heavy atom. The molecule has 0 N–H and O–H groups in total. The fourth-order valence-electron chi connectivity index (χ4n) is 1.65. The largest absolute Gasteiger partial charge is 0.383 e. The molecule has 0 radical (unpaired) electrons. The van der Waals surface area contributed by atoms with Crippen molar-refractivity contribution in [2.75, 3.05) is 19.5 Å². The molecule has 0 bridgehead atoms. The maximum absolute atomic E-state index is 12.1. The standard InChI is InChI=1S/C14H19ClO3S/c1-12(8-9-13(15)10-18-2)11-19(16,17)14-6-4-3-5-7-14/h3-8,13H,9-11H2,1-2H3/b12-8-. The molecule has 1 atom stereocenters. The molecule has 1 unspecified atom stereocenters. The number of sulfone groups is 1. The number of alkyl halides is 1. The number of methoxy groups -OCH3 is 1. The van der Waals surface area contributed by atoms with Crippen molar-refractivity contribution >= 4 is 21.4 Å². The van der Waals surface area contributed by atoms with Gasteiger partial charge in [0, 0.05) is 7.11 Å². The Labute approximate surface area is 120 Å². The van der Waals surface area contributed by atoms with Crippen LogP contribution >= 0.6 is 11.6 Å². The molecule has 5 heteroatoms. The number of hydrogen-bond acceptors (Lipinski definition) is 3. The Morgan fingerprint density at radius 2 is 2.00 bits per heavy atom. The van der Waals surface area contributed by atoms with Crippen LogP contribution in [0.4, 0.5) is 0 Å². The summed E-state index contributed by atoms with van der Waals surface area (Å²) in [5, 5.41) is -0.126. The first kappa shape index (κ1) is 16.2. The van der Waals surface area contributed by atoms with Gasteiger partial charge in [-0.1, -0.05) is 29.8 Å². The molecule has 0 amide bonds. The number of hydrogen-bond donors (Lipinski definition) is 0. The highest BCUT2D eigenvalue weighted by molar-refractivity contribution is 7.91. The first-order chi connectivity index (χ1) is 8.95. The van der Waals surface area contributed by atoms with Crippen LogP contribution in [0.1, 0.15) is 13.3 Å². The van der Waals surface area contributed by atoms with Crippen molar-refractivity contribution in [2.24, 2.45) is 0 Å². The van der Waals surface area contributed by atoms with E-state index in [2.05, 4.69) is 0 Å². The van der Waals surface area contributed by atoms with Gasteiger partial charge in [0.05, 0.1) is 22.6 Å². The molecule has 0 saturated carbocycles. The van der Waals surface area contributed by atoms with E-state index in [1.807, 2.05) is 6.08 Å². The summed E-state index contributed by atoms with van der Waals surface area (Å²) in [6.45, 7) is 2.26. The highest BCUT2D eigenvalue weighted by Gasteiger charge is 2.14. The lowest BCUT2D eigenvalue weighted by molar-refractivity contribution is 0.198. The summed E-state index contributed by atoms with van der Waals surface area (Å²) in [4.78, 5) is 0.349. The highest BCUT2D eigenvalue weighted by atomic mass is 35.5. The molecule has 0 saturated heterocycles. The number of rotatable bonds is 7. The van der Waals surface area contributed by atoms with Gasteiger partial charge in [0.1, 0.15) is 0 Å². The van der Waals surface area contributed by atoms with Crippen molar-refractivity contribution in [3.8, 4) is 0 Å². The fraction of sp³-hybridized carbons (Fsp3) is 0.429. The van der Waals surface area contributed by atoms with Gasteiger partial charge in [-0.15, -0.1) is 11.6 Å². The smallest absolute Gasteiger partial charge is 0.182 e. The zero-order valence-electron chi connectivity index (χ0n) is 11.2. The third-order valence-electron chi connectivity index (χ3n) is 2.59. The average Bonchev–Trinajstić information content (AvgIpc) is 2.37. The molecular weight excluding hydrogens is 284 g/mol. The molecule has 19 heavy (non-hydrogen) atoms. The van der Waals surface area contributed by atoms with Gasteiger partial charge in [-0.05, 0) is 25.5 Å². The fourth-order valence-corrected chi connectivity index (χ4v) is 3.32. The van der Waals surface area contributed by atoms with E-state index in [0.717, 1.165) is 5.57 Å². The molecule has 0 aliphatic heterocycles. The summed E-state index contributed by atoms with van der Waals surface area (Å²) in [7, 11) is -1.67. The van der Waals surface area contributed by atoms with Crippen LogP contribution in [0.15, 0.2) is 46.9 Å². The monoisotopic (exact) mass is 302 g/mol. The minimum absolute atomic E-state index is 0.0214. The average molecular weight is 303 g/mol. The van der Waals surface area contributed by atoms with Gasteiger partial charge in [0.25, 0.3) is 0 Å². The molecule has 0 heterocycles. The predicted octanol–water partition coefficient (Wildman–Crippen LogP) is 3.05. The topological polar surface area (TPSA) is 43.4 Å². The van der Waals surface area contributed by atoms with Crippen LogP contribution in [0.2, 0.25) is 0 Å². The Hall–Kier alpha value is -0.840. The Bertz CT molecular complexity index is 509. The lowest BCUT2D eigenvalue weighted by Crippen LogP contribution is -2.09. The third kappa shape index (κ3) is 5.76. The summed E-state index contributed by atoms with van der Waals surface area (Å²) in [5.41, 5.74) is 0.797. The minimum Gasteiger partial charge on any atom is -0.383 e. The van der Waals surface area contributed by atoms with Crippen molar-refractivity contribution in [1.29, 1.82) is 0 Å². The molecule has 0 spiro atoms. The molecule has 106 valence electrons. The Kier molecular flexibility index (Phi) is 6.55. The molecule has 1 aromatic carbocycles. The SMILES string of the molecule is COCC(Cl)C/C=C(/C)CS(=O)(=O)c1ccccc1. The normalized spacial score (nSPS) is 14.4. The first-order valence-electron chi connectivity index (χ1n) is 6.02. The molecule has 0 aliphatic rings. The minimum atomic E-state index is -3.26. The summed E-state index contributed by atoms with van der Waals surface area (Å²) in [6.07, 6.45) is 2.46. The van der Waals surface area contributed by atoms with Gasteiger partial charge in [0.2, 0.25) is 0 Å². The van der Waals surface area contributed by atoms with Crippen LogP contribution in [-0.2, 0) is 14.6 Å². The summed E-state index contributed by atoms with van der Waals surface area (Å²) in [5.74, 6) is 0.0214. The zero-order chi connectivity index (χ0) is 14.3. The van der Waals surface area contributed by atoms with E-state index >= 15 is 0 Å². The Morgan fingerprint density at radius 1 is 1.37 bits per heavy atom. The van der Waals surface area contributed by atoms with Crippen LogP contribution in [0.5, 0.6) is 0 Å². The molecule has 1 rings (SSSR count). The quantitative estimate of drug-likeness (QED) is 0.574. The van der Waals surface area contributed by atoms with Gasteiger partial charge in [0.15, 0.2) is 9.84 Å². The van der Waals surface area contributed by atoms with Gasteiger partial charge in [-0.3, -0.25) is 0 Å². The van der Waals surface area contributed by atoms with Crippen molar-refractivity contribution < 1.29 is 13.2 Å². The Balaban J connectivity index is 2.66. The van der Waals surface area contributed by atoms with E-state index in [1.165, 1.54) is 0 Å². The second-order valence-electron chi connectivity index (χ2n) is 4.41. The van der Waals surface area contributed by atoms with Gasteiger partial charge in [-0.25, -0.2) is 8.42 Å². The van der Waals surface area contributed by atoms with Crippen LogP contribution in [-0.4, -0.2) is 33.3 Å². The number of halogens is 1. The number of benzene rings is 1. The lowest BCUT2D eigenvalue weighted by atomic mass is 10.2. The van der Waals surface area contributed by atoms with E-state index in [-0.39, 0.29) is 11.1 Å². The molecule has 0 fully saturated rings. The van der Waals surface area contributed by atoms with E-state index < -0.39 is 9.84 Å². The summed E-state index contributed by atoms with van der Waals surface area (Å²) in [6, 6.07) is 8.46. The number of allylic oxidation sites excluding steroid dienone is 1. The van der Waals surface area contributed by atoms with Gasteiger partial charge >= 0.3 is 0 Å². The van der Waals surface area contributed by atoms with E-state index in [4.69, 9.17) is 16.3 Å². The maximum atomic E-state index is 12.1. The highest BCUT2D eigenvalue weighted by Crippen LogP contribution is 2.14. The van der Waals surface area contributed by atoms with Gasteiger partial charge < -0.3 is 4.74 Å². The first-order valence-corrected chi connectivity index (χ1v) is 8.11. The summed E-state index contributed by atoms with van der Waals surface area (Å²) < 4.78 is 29.2. The van der Waals surface area contributed by atoms with E-state index in [1.54, 1.807) is 44.4 Å². The summed E-state index contributed by atoms with van der Waals surface area (Å²) >= 11 is 5.99. The predicted molar refractivity (Wildman–Crippen MR) is 78.4 cm³/mol. The van der Waals surface area contributed by atoms with E-state index in [0.29, 0.717) is 17.9 Å². The second-order valence-corrected chi connectivity index (χ2v) is 7.02. The van der Waals surface area contributed by atoms with E-state index in [9.17, 15) is 8.42 Å².